The number of hydrogen-bond donors (Lipinski definition) is 1. The lowest BCUT2D eigenvalue weighted by Gasteiger charge is -2.37. The van der Waals surface area contributed by atoms with Crippen molar-refractivity contribution < 1.29 is 24.1 Å². The molecule has 6 nitrogen and oxygen atoms in total. The molecule has 0 fully saturated rings. The molecule has 6 heteroatoms. The van der Waals surface area contributed by atoms with Gasteiger partial charge in [0.1, 0.15) is 6.04 Å². The third kappa shape index (κ3) is 2.02. The molecule has 2 aliphatic rings. The second-order valence-electron chi connectivity index (χ2n) is 6.31. The number of benzene rings is 2. The van der Waals surface area contributed by atoms with E-state index in [9.17, 15) is 9.90 Å². The van der Waals surface area contributed by atoms with Crippen LogP contribution in [0, 0.1) is 0 Å². The number of ketones is 1. The van der Waals surface area contributed by atoms with Gasteiger partial charge in [0.2, 0.25) is 0 Å². The normalized spacial score (nSPS) is 16.8. The Morgan fingerprint density at radius 2 is 1.58 bits per heavy atom. The number of carbonyl (C=O) groups excluding carboxylic acids is 1. The highest BCUT2D eigenvalue weighted by Gasteiger charge is 2.40. The molecule has 1 atom stereocenters. The predicted molar refractivity (Wildman–Crippen MR) is 97.1 cm³/mol. The molecule has 4 rings (SSSR count). The summed E-state index contributed by atoms with van der Waals surface area (Å²) >= 11 is 0. The number of phenolic OH excluding ortho intramolecular Hbond substituents is 1. The minimum atomic E-state index is -0.507. The Kier molecular flexibility index (Phi) is 3.57. The zero-order chi connectivity index (χ0) is 18.6. The van der Waals surface area contributed by atoms with E-state index in [1.807, 2.05) is 24.2 Å². The number of methoxy groups -OCH3 is 3. The quantitative estimate of drug-likeness (QED) is 0.914. The van der Waals surface area contributed by atoms with Gasteiger partial charge in [0.15, 0.2) is 28.8 Å². The van der Waals surface area contributed by atoms with Crippen LogP contribution in [0.25, 0.3) is 17.2 Å². The lowest BCUT2D eigenvalue weighted by molar-refractivity contribution is 0.0885. The summed E-state index contributed by atoms with van der Waals surface area (Å²) < 4.78 is 16.1. The molecule has 1 heterocycles. The number of phenols is 1. The first kappa shape index (κ1) is 16.3. The van der Waals surface area contributed by atoms with Crippen LogP contribution in [0.2, 0.25) is 0 Å². The van der Waals surface area contributed by atoms with Gasteiger partial charge in [0.25, 0.3) is 0 Å². The number of likely N-dealkylation sites (N-methyl/N-ethyl adjacent to an activating group) is 1. The average Bonchev–Trinajstić information content (AvgIpc) is 2.66. The Labute approximate surface area is 151 Å². The van der Waals surface area contributed by atoms with Gasteiger partial charge in [-0.1, -0.05) is 0 Å². The van der Waals surface area contributed by atoms with E-state index < -0.39 is 6.04 Å². The van der Waals surface area contributed by atoms with Crippen molar-refractivity contribution >= 4 is 11.9 Å². The second-order valence-corrected chi connectivity index (χ2v) is 6.31. The third-order valence-corrected chi connectivity index (χ3v) is 5.03. The number of fused-ring (bicyclic) bond motifs is 2. The number of Topliss-reactive ketones (excluding diaryl/α,β-unsaturated/α-hetero) is 1. The highest BCUT2D eigenvalue weighted by molar-refractivity contribution is 6.12. The molecular formula is C20H19NO5. The lowest BCUT2D eigenvalue weighted by atomic mass is 9.77. The summed E-state index contributed by atoms with van der Waals surface area (Å²) in [5.74, 6) is 1.29. The van der Waals surface area contributed by atoms with Crippen LogP contribution in [0.5, 0.6) is 23.0 Å². The maximum Gasteiger partial charge on any atom is 0.190 e. The minimum Gasteiger partial charge on any atom is -0.504 e. The summed E-state index contributed by atoms with van der Waals surface area (Å²) in [4.78, 5) is 15.1. The smallest absolute Gasteiger partial charge is 0.190 e. The van der Waals surface area contributed by atoms with Crippen LogP contribution in [0.3, 0.4) is 0 Å². The van der Waals surface area contributed by atoms with Crippen molar-refractivity contribution in [1.29, 1.82) is 0 Å². The first-order chi connectivity index (χ1) is 12.5. The van der Waals surface area contributed by atoms with Gasteiger partial charge < -0.3 is 24.2 Å². The Morgan fingerprint density at radius 3 is 2.19 bits per heavy atom. The number of carbonyl (C=O) groups is 1. The first-order valence-corrected chi connectivity index (χ1v) is 8.16. The molecule has 0 spiro atoms. The van der Waals surface area contributed by atoms with Crippen molar-refractivity contribution in [3.8, 4) is 34.1 Å². The molecule has 1 aliphatic heterocycles. The lowest BCUT2D eigenvalue weighted by Crippen LogP contribution is -2.33. The van der Waals surface area contributed by atoms with Gasteiger partial charge in [0, 0.05) is 35.5 Å². The summed E-state index contributed by atoms with van der Waals surface area (Å²) in [6.07, 6.45) is 3.77. The maximum absolute atomic E-state index is 13.3. The van der Waals surface area contributed by atoms with Crippen LogP contribution >= 0.6 is 0 Å². The first-order valence-electron chi connectivity index (χ1n) is 8.16. The number of ether oxygens (including phenoxy) is 3. The number of aromatic hydroxyl groups is 1. The van der Waals surface area contributed by atoms with Crippen LogP contribution in [-0.4, -0.2) is 44.2 Å². The number of nitrogens with zero attached hydrogens (tertiary/aromatic N) is 1. The summed E-state index contributed by atoms with van der Waals surface area (Å²) in [5, 5.41) is 10.9. The molecule has 0 saturated heterocycles. The molecule has 0 aromatic heterocycles. The van der Waals surface area contributed by atoms with Gasteiger partial charge in [-0.3, -0.25) is 4.79 Å². The molecule has 0 bridgehead atoms. The van der Waals surface area contributed by atoms with Crippen LogP contribution in [0.1, 0.15) is 27.5 Å². The molecular weight excluding hydrogens is 334 g/mol. The van der Waals surface area contributed by atoms with Gasteiger partial charge in [-0.15, -0.1) is 0 Å². The molecule has 134 valence electrons. The molecule has 0 saturated carbocycles. The molecule has 1 aliphatic carbocycles. The van der Waals surface area contributed by atoms with Crippen molar-refractivity contribution in [3.63, 3.8) is 0 Å². The van der Waals surface area contributed by atoms with Crippen LogP contribution in [0.15, 0.2) is 24.4 Å². The molecule has 2 aromatic carbocycles. The van der Waals surface area contributed by atoms with Gasteiger partial charge >= 0.3 is 0 Å². The van der Waals surface area contributed by atoms with Crippen molar-refractivity contribution in [2.45, 2.75) is 6.04 Å². The molecule has 2 aromatic rings. The number of rotatable bonds is 3. The summed E-state index contributed by atoms with van der Waals surface area (Å²) in [6.45, 7) is 0. The third-order valence-electron chi connectivity index (χ3n) is 5.03. The van der Waals surface area contributed by atoms with Crippen LogP contribution in [-0.2, 0) is 0 Å². The molecule has 0 amide bonds. The van der Waals surface area contributed by atoms with Crippen molar-refractivity contribution in [2.75, 3.05) is 28.4 Å². The van der Waals surface area contributed by atoms with E-state index >= 15 is 0 Å². The SMILES string of the molecule is COc1cc2c(cc1OC)-c1c(O)c(OC)cc3c1C(C2=O)N(C)C=C3. The number of hydrogen-bond acceptors (Lipinski definition) is 6. The van der Waals surface area contributed by atoms with Gasteiger partial charge in [-0.2, -0.15) is 0 Å². The standard InChI is InChI=1S/C20H19NO5/c1-21-6-5-10-7-15(26-4)20(23)17-11-8-13(24-2)14(25-3)9-12(11)19(22)18(21)16(10)17/h5-9,18,23H,1-4H3. The van der Waals surface area contributed by atoms with E-state index in [0.717, 1.165) is 11.1 Å². The fourth-order valence-electron chi connectivity index (χ4n) is 3.78. The zero-order valence-corrected chi connectivity index (χ0v) is 15.0. The fraction of sp³-hybridized carbons (Fsp3) is 0.250. The molecule has 1 N–H and O–H groups in total. The summed E-state index contributed by atoms with van der Waals surface area (Å²) in [5.41, 5.74) is 3.32. The molecule has 0 radical (unpaired) electrons. The highest BCUT2D eigenvalue weighted by Crippen LogP contribution is 2.53. The zero-order valence-electron chi connectivity index (χ0n) is 15.0. The van der Waals surface area contributed by atoms with Gasteiger partial charge in [-0.25, -0.2) is 0 Å². The van der Waals surface area contributed by atoms with Crippen LogP contribution < -0.4 is 14.2 Å². The fourth-order valence-corrected chi connectivity index (χ4v) is 3.78. The van der Waals surface area contributed by atoms with Crippen molar-refractivity contribution in [2.24, 2.45) is 0 Å². The Bertz CT molecular complexity index is 963. The molecule has 26 heavy (non-hydrogen) atoms. The summed E-state index contributed by atoms with van der Waals surface area (Å²) in [6, 6.07) is 4.65. The monoisotopic (exact) mass is 353 g/mol. The maximum atomic E-state index is 13.3. The minimum absolute atomic E-state index is 0.0147. The topological polar surface area (TPSA) is 68.2 Å². The average molecular weight is 353 g/mol. The Balaban J connectivity index is 2.13. The van der Waals surface area contributed by atoms with E-state index in [2.05, 4.69) is 0 Å². The Hall–Kier alpha value is -3.15. The van der Waals surface area contributed by atoms with Crippen molar-refractivity contribution in [1.82, 2.24) is 4.90 Å². The van der Waals surface area contributed by atoms with E-state index in [-0.39, 0.29) is 11.5 Å². The largest absolute Gasteiger partial charge is 0.504 e. The predicted octanol–water partition coefficient (Wildman–Crippen LogP) is 3.24. The molecule has 1 unspecified atom stereocenters. The second kappa shape index (κ2) is 5.69. The van der Waals surface area contributed by atoms with Gasteiger partial charge in [-0.05, 0) is 29.8 Å². The highest BCUT2D eigenvalue weighted by atomic mass is 16.5. The Morgan fingerprint density at radius 1 is 0.962 bits per heavy atom. The van der Waals surface area contributed by atoms with Crippen LogP contribution in [0.4, 0.5) is 0 Å². The summed E-state index contributed by atoms with van der Waals surface area (Å²) in [7, 11) is 6.42. The van der Waals surface area contributed by atoms with E-state index in [4.69, 9.17) is 14.2 Å². The van der Waals surface area contributed by atoms with E-state index in [1.54, 1.807) is 18.2 Å². The van der Waals surface area contributed by atoms with E-state index in [1.165, 1.54) is 21.3 Å². The van der Waals surface area contributed by atoms with Crippen molar-refractivity contribution in [3.05, 3.63) is 41.1 Å². The van der Waals surface area contributed by atoms with Gasteiger partial charge in [0.05, 0.1) is 21.3 Å². The van der Waals surface area contributed by atoms with E-state index in [0.29, 0.717) is 33.9 Å².